The van der Waals surface area contributed by atoms with Crippen LogP contribution >= 0.6 is 0 Å². The van der Waals surface area contributed by atoms with Gasteiger partial charge in [0.15, 0.2) is 11.5 Å². The molecule has 0 saturated heterocycles. The van der Waals surface area contributed by atoms with Gasteiger partial charge in [0.05, 0.1) is 6.61 Å². The van der Waals surface area contributed by atoms with Crippen LogP contribution in [0, 0.1) is 0 Å². The van der Waals surface area contributed by atoms with Crippen LogP contribution in [0.3, 0.4) is 0 Å². The second kappa shape index (κ2) is 8.42. The van der Waals surface area contributed by atoms with Crippen molar-refractivity contribution in [2.45, 2.75) is 26.2 Å². The maximum Gasteiger partial charge on any atom is 0.251 e. The van der Waals surface area contributed by atoms with Crippen LogP contribution in [0.15, 0.2) is 42.5 Å². The summed E-state index contributed by atoms with van der Waals surface area (Å²) in [6.07, 6.45) is 2.96. The summed E-state index contributed by atoms with van der Waals surface area (Å²) in [5, 5.41) is 2.93. The minimum atomic E-state index is -0.113. The minimum absolute atomic E-state index is 0.113. The van der Waals surface area contributed by atoms with E-state index in [1.54, 1.807) is 18.2 Å². The van der Waals surface area contributed by atoms with E-state index in [-0.39, 0.29) is 12.7 Å². The largest absolute Gasteiger partial charge is 0.494 e. The molecule has 1 N–H and O–H groups in total. The number of hydrogen-bond acceptors (Lipinski definition) is 4. The number of ether oxygens (including phenoxy) is 3. The standard InChI is InChI=1S/C20H23NO4/c1-2-3-12-23-17-7-4-15(5-8-17)10-11-21-20(22)16-6-9-18-19(13-16)25-14-24-18/h4-9,13H,2-3,10-12,14H2,1H3,(H,21,22). The monoisotopic (exact) mass is 341 g/mol. The fraction of sp³-hybridized carbons (Fsp3) is 0.350. The molecule has 1 aliphatic rings. The maximum absolute atomic E-state index is 12.2. The van der Waals surface area contributed by atoms with Gasteiger partial charge in [0.1, 0.15) is 5.75 Å². The van der Waals surface area contributed by atoms with Crippen LogP contribution in [-0.2, 0) is 6.42 Å². The molecule has 5 nitrogen and oxygen atoms in total. The summed E-state index contributed by atoms with van der Waals surface area (Å²) in [6.45, 7) is 3.67. The molecule has 5 heteroatoms. The third-order valence-electron chi connectivity index (χ3n) is 4.02. The first-order valence-corrected chi connectivity index (χ1v) is 8.66. The average Bonchev–Trinajstić information content (AvgIpc) is 3.11. The lowest BCUT2D eigenvalue weighted by Gasteiger charge is -2.08. The van der Waals surface area contributed by atoms with Crippen LogP contribution in [0.4, 0.5) is 0 Å². The topological polar surface area (TPSA) is 56.8 Å². The molecular weight excluding hydrogens is 318 g/mol. The first-order valence-electron chi connectivity index (χ1n) is 8.66. The molecule has 0 bridgehead atoms. The van der Waals surface area contributed by atoms with Crippen LogP contribution in [0.2, 0.25) is 0 Å². The van der Waals surface area contributed by atoms with Gasteiger partial charge in [-0.2, -0.15) is 0 Å². The van der Waals surface area contributed by atoms with Crippen LogP contribution in [0.25, 0.3) is 0 Å². The number of carbonyl (C=O) groups is 1. The molecule has 3 rings (SSSR count). The fourth-order valence-electron chi connectivity index (χ4n) is 2.55. The summed E-state index contributed by atoms with van der Waals surface area (Å²) in [4.78, 5) is 12.2. The highest BCUT2D eigenvalue weighted by Crippen LogP contribution is 2.32. The maximum atomic E-state index is 12.2. The Morgan fingerprint density at radius 1 is 1.12 bits per heavy atom. The van der Waals surface area contributed by atoms with Gasteiger partial charge in [0.2, 0.25) is 6.79 Å². The van der Waals surface area contributed by atoms with E-state index in [4.69, 9.17) is 14.2 Å². The number of amides is 1. The Balaban J connectivity index is 1.45. The molecule has 1 aliphatic heterocycles. The van der Waals surface area contributed by atoms with Gasteiger partial charge in [-0.25, -0.2) is 0 Å². The predicted molar refractivity (Wildman–Crippen MR) is 95.4 cm³/mol. The van der Waals surface area contributed by atoms with Crippen LogP contribution in [0.1, 0.15) is 35.7 Å². The molecule has 0 aromatic heterocycles. The van der Waals surface area contributed by atoms with Gasteiger partial charge in [0.25, 0.3) is 5.91 Å². The summed E-state index contributed by atoms with van der Waals surface area (Å²) < 4.78 is 16.2. The van der Waals surface area contributed by atoms with Crippen molar-refractivity contribution in [2.24, 2.45) is 0 Å². The second-order valence-electron chi connectivity index (χ2n) is 5.92. The molecule has 0 aliphatic carbocycles. The van der Waals surface area contributed by atoms with Gasteiger partial charge in [0, 0.05) is 12.1 Å². The van der Waals surface area contributed by atoms with E-state index < -0.39 is 0 Å². The van der Waals surface area contributed by atoms with E-state index in [1.165, 1.54) is 0 Å². The third kappa shape index (κ3) is 4.66. The first-order chi connectivity index (χ1) is 12.3. The van der Waals surface area contributed by atoms with Crippen molar-refractivity contribution in [3.8, 4) is 17.2 Å². The van der Waals surface area contributed by atoms with Gasteiger partial charge < -0.3 is 19.5 Å². The van der Waals surface area contributed by atoms with Gasteiger partial charge in [-0.3, -0.25) is 4.79 Å². The highest BCUT2D eigenvalue weighted by Gasteiger charge is 2.15. The van der Waals surface area contributed by atoms with E-state index in [0.717, 1.165) is 37.2 Å². The van der Waals surface area contributed by atoms with Gasteiger partial charge in [-0.15, -0.1) is 0 Å². The van der Waals surface area contributed by atoms with Gasteiger partial charge >= 0.3 is 0 Å². The first kappa shape index (κ1) is 17.1. The molecular formula is C20H23NO4. The number of rotatable bonds is 8. The molecule has 0 fully saturated rings. The number of hydrogen-bond donors (Lipinski definition) is 1. The normalized spacial score (nSPS) is 12.0. The van der Waals surface area contributed by atoms with E-state index >= 15 is 0 Å². The van der Waals surface area contributed by atoms with Crippen molar-refractivity contribution in [1.29, 1.82) is 0 Å². The Hall–Kier alpha value is -2.69. The number of unbranched alkanes of at least 4 members (excludes halogenated alkanes) is 1. The number of fused-ring (bicyclic) bond motifs is 1. The number of nitrogens with one attached hydrogen (secondary N) is 1. The Kier molecular flexibility index (Phi) is 5.77. The summed E-state index contributed by atoms with van der Waals surface area (Å²) >= 11 is 0. The molecule has 0 unspecified atom stereocenters. The lowest BCUT2D eigenvalue weighted by Crippen LogP contribution is -2.25. The quantitative estimate of drug-likeness (QED) is 0.746. The van der Waals surface area contributed by atoms with E-state index in [2.05, 4.69) is 12.2 Å². The minimum Gasteiger partial charge on any atom is -0.494 e. The van der Waals surface area contributed by atoms with Gasteiger partial charge in [-0.05, 0) is 48.7 Å². The summed E-state index contributed by atoms with van der Waals surface area (Å²) in [7, 11) is 0. The van der Waals surface area contributed by atoms with Crippen molar-refractivity contribution in [1.82, 2.24) is 5.32 Å². The lowest BCUT2D eigenvalue weighted by atomic mass is 10.1. The van der Waals surface area contributed by atoms with E-state index in [9.17, 15) is 4.79 Å². The zero-order valence-electron chi connectivity index (χ0n) is 14.4. The summed E-state index contributed by atoms with van der Waals surface area (Å²) in [5.74, 6) is 2.07. The number of benzene rings is 2. The van der Waals surface area contributed by atoms with Crippen molar-refractivity contribution < 1.29 is 19.0 Å². The third-order valence-corrected chi connectivity index (χ3v) is 4.02. The molecule has 0 saturated carbocycles. The molecule has 2 aromatic rings. The number of carbonyl (C=O) groups excluding carboxylic acids is 1. The highest BCUT2D eigenvalue weighted by atomic mass is 16.7. The van der Waals surface area contributed by atoms with Crippen molar-refractivity contribution in [3.05, 3.63) is 53.6 Å². The molecule has 25 heavy (non-hydrogen) atoms. The Morgan fingerprint density at radius 2 is 1.92 bits per heavy atom. The van der Waals surface area contributed by atoms with E-state index in [0.29, 0.717) is 23.6 Å². The van der Waals surface area contributed by atoms with E-state index in [1.807, 2.05) is 24.3 Å². The Labute approximate surface area is 147 Å². The van der Waals surface area contributed by atoms with Crippen LogP contribution < -0.4 is 19.5 Å². The van der Waals surface area contributed by atoms with Gasteiger partial charge in [-0.1, -0.05) is 25.5 Å². The molecule has 132 valence electrons. The molecule has 0 atom stereocenters. The Bertz CT molecular complexity index is 712. The SMILES string of the molecule is CCCCOc1ccc(CCNC(=O)c2ccc3c(c2)OCO3)cc1. The van der Waals surface area contributed by atoms with Crippen LogP contribution in [0.5, 0.6) is 17.2 Å². The van der Waals surface area contributed by atoms with Crippen LogP contribution in [-0.4, -0.2) is 25.9 Å². The molecule has 1 amide bonds. The second-order valence-corrected chi connectivity index (χ2v) is 5.92. The summed E-state index contributed by atoms with van der Waals surface area (Å²) in [5.41, 5.74) is 1.73. The molecule has 1 heterocycles. The van der Waals surface area contributed by atoms with Crippen molar-refractivity contribution >= 4 is 5.91 Å². The highest BCUT2D eigenvalue weighted by molar-refractivity contribution is 5.94. The molecule has 0 radical (unpaired) electrons. The fourth-order valence-corrected chi connectivity index (χ4v) is 2.55. The van der Waals surface area contributed by atoms with Crippen molar-refractivity contribution in [3.63, 3.8) is 0 Å². The smallest absolute Gasteiger partial charge is 0.251 e. The molecule has 0 spiro atoms. The molecule has 2 aromatic carbocycles. The lowest BCUT2D eigenvalue weighted by molar-refractivity contribution is 0.0953. The zero-order valence-corrected chi connectivity index (χ0v) is 14.4. The Morgan fingerprint density at radius 3 is 2.72 bits per heavy atom. The summed E-state index contributed by atoms with van der Waals surface area (Å²) in [6, 6.07) is 13.2. The van der Waals surface area contributed by atoms with Crippen molar-refractivity contribution in [2.75, 3.05) is 19.9 Å². The zero-order chi connectivity index (χ0) is 17.5. The predicted octanol–water partition coefficient (Wildman–Crippen LogP) is 3.57. The average molecular weight is 341 g/mol.